The van der Waals surface area contributed by atoms with Gasteiger partial charge in [0.1, 0.15) is 0 Å². The first-order chi connectivity index (χ1) is 7.15. The molecular weight excluding hydrogens is 258 g/mol. The summed E-state index contributed by atoms with van der Waals surface area (Å²) in [5, 5.41) is 8.93. The van der Waals surface area contributed by atoms with Crippen LogP contribution in [0.25, 0.3) is 0 Å². The topological polar surface area (TPSA) is 57.9 Å². The molecule has 0 fully saturated rings. The van der Waals surface area contributed by atoms with E-state index in [4.69, 9.17) is 5.26 Å². The van der Waals surface area contributed by atoms with E-state index in [-0.39, 0.29) is 22.2 Å². The first-order valence-corrected chi connectivity index (χ1v) is 5.36. The van der Waals surface area contributed by atoms with Crippen LogP contribution in [-0.4, -0.2) is 17.4 Å². The Morgan fingerprint density at radius 3 is 2.73 bits per heavy atom. The zero-order valence-corrected chi connectivity index (χ0v) is 9.67. The molecule has 0 aliphatic rings. The fourth-order valence-electron chi connectivity index (χ4n) is 1.39. The van der Waals surface area contributed by atoms with Gasteiger partial charge in [0, 0.05) is 11.1 Å². The summed E-state index contributed by atoms with van der Waals surface area (Å²) in [4.78, 5) is 22.4. The minimum absolute atomic E-state index is 0.142. The maximum Gasteiger partial charge on any atom is 0.174 e. The van der Waals surface area contributed by atoms with Crippen molar-refractivity contribution in [2.24, 2.45) is 0 Å². The van der Waals surface area contributed by atoms with E-state index in [1.54, 1.807) is 19.1 Å². The smallest absolute Gasteiger partial charge is 0.174 e. The van der Waals surface area contributed by atoms with E-state index < -0.39 is 0 Å². The summed E-state index contributed by atoms with van der Waals surface area (Å²) >= 11 is 3.05. The molecule has 76 valence electrons. The molecule has 0 aromatic heterocycles. The average molecular weight is 266 g/mol. The fraction of sp³-hybridized carbons (Fsp3) is 0.182. The van der Waals surface area contributed by atoms with Gasteiger partial charge in [-0.05, 0) is 18.6 Å². The Morgan fingerprint density at radius 2 is 2.27 bits per heavy atom. The number of ketones is 1. The maximum absolute atomic E-state index is 11.6. The number of aldehydes is 1. The van der Waals surface area contributed by atoms with Crippen molar-refractivity contribution >= 4 is 28.0 Å². The zero-order chi connectivity index (χ0) is 11.4. The van der Waals surface area contributed by atoms with Crippen molar-refractivity contribution in [3.8, 4) is 6.07 Å². The lowest BCUT2D eigenvalue weighted by Crippen LogP contribution is -2.08. The van der Waals surface area contributed by atoms with Crippen LogP contribution >= 0.6 is 15.9 Å². The molecule has 0 bridgehead atoms. The van der Waals surface area contributed by atoms with Crippen LogP contribution in [0.15, 0.2) is 12.1 Å². The first kappa shape index (κ1) is 11.6. The normalized spacial score (nSPS) is 9.40. The molecule has 0 N–H and O–H groups in total. The predicted molar refractivity (Wildman–Crippen MR) is 59.4 cm³/mol. The van der Waals surface area contributed by atoms with Gasteiger partial charge in [-0.25, -0.2) is 0 Å². The van der Waals surface area contributed by atoms with E-state index >= 15 is 0 Å². The predicted octanol–water partition coefficient (Wildman–Crippen LogP) is 2.26. The van der Waals surface area contributed by atoms with Crippen molar-refractivity contribution in [2.45, 2.75) is 6.92 Å². The van der Waals surface area contributed by atoms with Gasteiger partial charge in [-0.2, -0.15) is 5.26 Å². The summed E-state index contributed by atoms with van der Waals surface area (Å²) in [6.45, 7) is 1.74. The van der Waals surface area contributed by atoms with Crippen LogP contribution in [0.1, 0.15) is 31.8 Å². The van der Waals surface area contributed by atoms with Gasteiger partial charge in [0.25, 0.3) is 0 Å². The maximum atomic E-state index is 11.6. The summed E-state index contributed by atoms with van der Waals surface area (Å²) in [6.07, 6.45) is 0.557. The quantitative estimate of drug-likeness (QED) is 0.479. The Bertz CT molecular complexity index is 460. The van der Waals surface area contributed by atoms with E-state index in [0.29, 0.717) is 17.4 Å². The summed E-state index contributed by atoms with van der Waals surface area (Å²) in [6, 6.07) is 5.11. The highest BCUT2D eigenvalue weighted by Crippen LogP contribution is 2.18. The molecular formula is C11H8BrNO2. The second-order valence-corrected chi connectivity index (χ2v) is 3.57. The van der Waals surface area contributed by atoms with Crippen molar-refractivity contribution in [3.05, 3.63) is 34.4 Å². The largest absolute Gasteiger partial charge is 0.298 e. The molecule has 15 heavy (non-hydrogen) atoms. The minimum atomic E-state index is -0.188. The van der Waals surface area contributed by atoms with Crippen molar-refractivity contribution in [2.75, 3.05) is 5.33 Å². The number of nitriles is 1. The lowest BCUT2D eigenvalue weighted by Gasteiger charge is -2.07. The van der Waals surface area contributed by atoms with Crippen molar-refractivity contribution < 1.29 is 9.59 Å². The van der Waals surface area contributed by atoms with Crippen LogP contribution < -0.4 is 0 Å². The Balaban J connectivity index is 3.54. The Morgan fingerprint density at radius 1 is 1.60 bits per heavy atom. The number of benzene rings is 1. The molecule has 0 unspecified atom stereocenters. The molecule has 0 saturated heterocycles. The van der Waals surface area contributed by atoms with Gasteiger partial charge in [0.2, 0.25) is 0 Å². The van der Waals surface area contributed by atoms with Gasteiger partial charge in [0.15, 0.2) is 12.1 Å². The number of halogens is 1. The Kier molecular flexibility index (Phi) is 3.75. The van der Waals surface area contributed by atoms with E-state index in [1.807, 2.05) is 6.07 Å². The highest BCUT2D eigenvalue weighted by molar-refractivity contribution is 9.09. The third kappa shape index (κ3) is 2.13. The van der Waals surface area contributed by atoms with Crippen molar-refractivity contribution in [1.29, 1.82) is 5.26 Å². The number of Topliss-reactive ketones (excluding diaryl/α,β-unsaturated/α-hetero) is 1. The third-order valence-corrected chi connectivity index (χ3v) is 2.60. The fourth-order valence-corrected chi connectivity index (χ4v) is 1.67. The van der Waals surface area contributed by atoms with Gasteiger partial charge < -0.3 is 0 Å². The SMILES string of the molecule is Cc1ccc(C#N)c(C=O)c1C(=O)CBr. The Labute approximate surface area is 95.8 Å². The molecule has 0 heterocycles. The summed E-state index contributed by atoms with van der Waals surface area (Å²) in [5.74, 6) is -0.188. The highest BCUT2D eigenvalue weighted by atomic mass is 79.9. The molecule has 0 aliphatic heterocycles. The van der Waals surface area contributed by atoms with Gasteiger partial charge in [-0.15, -0.1) is 0 Å². The summed E-state index contributed by atoms with van der Waals surface area (Å²) in [5.41, 5.74) is 1.46. The van der Waals surface area contributed by atoms with Crippen LogP contribution in [0.3, 0.4) is 0 Å². The van der Waals surface area contributed by atoms with E-state index in [9.17, 15) is 9.59 Å². The summed E-state index contributed by atoms with van der Waals surface area (Å²) < 4.78 is 0. The van der Waals surface area contributed by atoms with Gasteiger partial charge in [-0.1, -0.05) is 22.0 Å². The van der Waals surface area contributed by atoms with E-state index in [2.05, 4.69) is 15.9 Å². The molecule has 1 rings (SSSR count). The van der Waals surface area contributed by atoms with Crippen LogP contribution in [0.4, 0.5) is 0 Å². The lowest BCUT2D eigenvalue weighted by atomic mass is 9.95. The molecule has 0 radical (unpaired) electrons. The van der Waals surface area contributed by atoms with Crippen LogP contribution in [0, 0.1) is 18.3 Å². The monoisotopic (exact) mass is 265 g/mol. The molecule has 0 atom stereocenters. The van der Waals surface area contributed by atoms with E-state index in [0.717, 1.165) is 0 Å². The van der Waals surface area contributed by atoms with Crippen LogP contribution in [-0.2, 0) is 0 Å². The van der Waals surface area contributed by atoms with Crippen molar-refractivity contribution in [1.82, 2.24) is 0 Å². The number of rotatable bonds is 3. The standard InChI is InChI=1S/C11H8BrNO2/c1-7-2-3-8(5-13)9(6-14)11(7)10(15)4-12/h2-3,6H,4H2,1H3. The molecule has 0 aliphatic carbocycles. The number of alkyl halides is 1. The number of aryl methyl sites for hydroxylation is 1. The zero-order valence-electron chi connectivity index (χ0n) is 8.08. The molecule has 4 heteroatoms. The Hall–Kier alpha value is -1.47. The highest BCUT2D eigenvalue weighted by Gasteiger charge is 2.16. The molecule has 1 aromatic rings. The molecule has 0 spiro atoms. The number of hydrogen-bond donors (Lipinski definition) is 0. The lowest BCUT2D eigenvalue weighted by molar-refractivity contribution is 0.101. The van der Waals surface area contributed by atoms with E-state index in [1.165, 1.54) is 0 Å². The molecule has 1 aromatic carbocycles. The first-order valence-electron chi connectivity index (χ1n) is 4.23. The molecule has 0 saturated carbocycles. The second kappa shape index (κ2) is 4.85. The van der Waals surface area contributed by atoms with Gasteiger partial charge >= 0.3 is 0 Å². The molecule has 0 amide bonds. The van der Waals surface area contributed by atoms with Crippen molar-refractivity contribution in [3.63, 3.8) is 0 Å². The van der Waals surface area contributed by atoms with Gasteiger partial charge in [-0.3, -0.25) is 9.59 Å². The number of carbonyl (C=O) groups excluding carboxylic acids is 2. The molecule has 3 nitrogen and oxygen atoms in total. The minimum Gasteiger partial charge on any atom is -0.298 e. The summed E-state index contributed by atoms with van der Waals surface area (Å²) in [7, 11) is 0. The number of hydrogen-bond acceptors (Lipinski definition) is 3. The van der Waals surface area contributed by atoms with Crippen LogP contribution in [0.2, 0.25) is 0 Å². The van der Waals surface area contributed by atoms with Crippen LogP contribution in [0.5, 0.6) is 0 Å². The average Bonchev–Trinajstić information content (AvgIpc) is 2.27. The third-order valence-electron chi connectivity index (χ3n) is 2.09. The number of nitrogens with zero attached hydrogens (tertiary/aromatic N) is 1. The second-order valence-electron chi connectivity index (χ2n) is 3.01. The van der Waals surface area contributed by atoms with Gasteiger partial charge in [0.05, 0.1) is 17.0 Å². The number of carbonyl (C=O) groups is 2.